The maximum absolute atomic E-state index is 11.9. The summed E-state index contributed by atoms with van der Waals surface area (Å²) in [6.45, 7) is 0. The Labute approximate surface area is 151 Å². The van der Waals surface area contributed by atoms with Crippen LogP contribution in [0.15, 0.2) is 60.7 Å². The Bertz CT molecular complexity index is 668. The molecule has 0 atom stereocenters. The first-order valence-corrected chi connectivity index (χ1v) is 11.5. The molecule has 4 aliphatic carbocycles. The summed E-state index contributed by atoms with van der Waals surface area (Å²) in [5.74, 6) is 2.45. The fourth-order valence-electron chi connectivity index (χ4n) is 6.08. The number of hydrogen-bond donors (Lipinski definition) is 1. The zero-order valence-electron chi connectivity index (χ0n) is 14.6. The monoisotopic (exact) mass is 350 g/mol. The summed E-state index contributed by atoms with van der Waals surface area (Å²) in [4.78, 5) is 11.9. The van der Waals surface area contributed by atoms with Crippen molar-refractivity contribution >= 4 is 18.9 Å². The Morgan fingerprint density at radius 3 is 1.52 bits per heavy atom. The van der Waals surface area contributed by atoms with Crippen molar-refractivity contribution in [2.45, 2.75) is 44.1 Å². The average molecular weight is 351 g/mol. The zero-order valence-corrected chi connectivity index (χ0v) is 15.6. The van der Waals surface area contributed by atoms with E-state index in [1.54, 1.807) is 0 Å². The first-order chi connectivity index (χ1) is 12.2. The third-order valence-electron chi connectivity index (χ3n) is 6.68. The van der Waals surface area contributed by atoms with E-state index in [1.165, 1.54) is 19.3 Å². The van der Waals surface area contributed by atoms with Gasteiger partial charge < -0.3 is 9.22 Å². The van der Waals surface area contributed by atoms with Crippen LogP contribution in [0.4, 0.5) is 0 Å². The summed E-state index contributed by atoms with van der Waals surface area (Å²) in [6.07, 6.45) is 7.60. The molecule has 4 bridgehead atoms. The van der Waals surface area contributed by atoms with E-state index in [2.05, 4.69) is 0 Å². The van der Waals surface area contributed by atoms with Gasteiger partial charge in [-0.2, -0.15) is 0 Å². The minimum Gasteiger partial charge on any atom is -0.404 e. The van der Waals surface area contributed by atoms with E-state index >= 15 is 0 Å². The molecular weight excluding hydrogens is 324 g/mol. The molecule has 0 spiro atoms. The summed E-state index contributed by atoms with van der Waals surface area (Å²) in [5, 5.41) is 1.94. The molecule has 2 aromatic rings. The van der Waals surface area contributed by atoms with Crippen LogP contribution >= 0.6 is 0 Å². The molecule has 0 heterocycles. The number of benzene rings is 2. The fraction of sp³-hybridized carbons (Fsp3) is 0.455. The van der Waals surface area contributed by atoms with Gasteiger partial charge in [0.1, 0.15) is 0 Å². The van der Waals surface area contributed by atoms with Crippen molar-refractivity contribution < 1.29 is 9.22 Å². The maximum Gasteiger partial charge on any atom is 0.404 e. The third kappa shape index (κ3) is 2.69. The molecular formula is C22H26O2Si. The van der Waals surface area contributed by atoms with Crippen molar-refractivity contribution in [3.8, 4) is 0 Å². The van der Waals surface area contributed by atoms with Crippen molar-refractivity contribution in [3.63, 3.8) is 0 Å². The lowest BCUT2D eigenvalue weighted by Crippen LogP contribution is -2.67. The highest BCUT2D eigenvalue weighted by Gasteiger charge is 2.56. The maximum atomic E-state index is 11.9. The van der Waals surface area contributed by atoms with Crippen molar-refractivity contribution in [2.24, 2.45) is 17.8 Å². The van der Waals surface area contributed by atoms with Gasteiger partial charge in [-0.3, -0.25) is 0 Å². The Morgan fingerprint density at radius 2 is 1.12 bits per heavy atom. The lowest BCUT2D eigenvalue weighted by atomic mass is 9.54. The van der Waals surface area contributed by atoms with E-state index < -0.39 is 8.56 Å². The standard InChI is InChI=1S/C22H26O2Si/c23-25(20-7-3-1-4-8-20,21-9-5-2-6-10-21)24-22-14-17-11-18(15-22)13-19(12-17)16-22/h1-10,17-19,23H,11-16H2. The number of hydrogen-bond acceptors (Lipinski definition) is 2. The normalized spacial score (nSPS) is 33.6. The molecule has 6 rings (SSSR count). The van der Waals surface area contributed by atoms with Crippen LogP contribution in [0.2, 0.25) is 0 Å². The largest absolute Gasteiger partial charge is 0.404 e. The van der Waals surface area contributed by atoms with Crippen molar-refractivity contribution in [1.82, 2.24) is 0 Å². The lowest BCUT2D eigenvalue weighted by Gasteiger charge is -2.58. The molecule has 0 unspecified atom stereocenters. The summed E-state index contributed by atoms with van der Waals surface area (Å²) >= 11 is 0. The Kier molecular flexibility index (Phi) is 3.67. The van der Waals surface area contributed by atoms with Gasteiger partial charge in [0.2, 0.25) is 0 Å². The van der Waals surface area contributed by atoms with Gasteiger partial charge in [-0.15, -0.1) is 0 Å². The van der Waals surface area contributed by atoms with Gasteiger partial charge in [-0.05, 0) is 66.7 Å². The lowest BCUT2D eigenvalue weighted by molar-refractivity contribution is -0.117. The molecule has 0 radical (unpaired) electrons. The van der Waals surface area contributed by atoms with Crippen LogP contribution in [0.5, 0.6) is 0 Å². The first-order valence-electron chi connectivity index (χ1n) is 9.69. The highest BCUT2D eigenvalue weighted by molar-refractivity contribution is 6.91. The average Bonchev–Trinajstić information content (AvgIpc) is 2.61. The van der Waals surface area contributed by atoms with E-state index in [0.29, 0.717) is 0 Å². The van der Waals surface area contributed by atoms with Gasteiger partial charge in [-0.25, -0.2) is 0 Å². The molecule has 2 aromatic carbocycles. The van der Waals surface area contributed by atoms with Gasteiger partial charge in [-0.1, -0.05) is 60.7 Å². The molecule has 3 heteroatoms. The van der Waals surface area contributed by atoms with Gasteiger partial charge >= 0.3 is 8.56 Å². The molecule has 130 valence electrons. The fourth-order valence-corrected chi connectivity index (χ4v) is 8.82. The molecule has 4 fully saturated rings. The molecule has 25 heavy (non-hydrogen) atoms. The second-order valence-corrected chi connectivity index (χ2v) is 11.2. The molecule has 0 amide bonds. The predicted molar refractivity (Wildman–Crippen MR) is 102 cm³/mol. The summed E-state index contributed by atoms with van der Waals surface area (Å²) in [6, 6.07) is 20.2. The Morgan fingerprint density at radius 1 is 0.720 bits per heavy atom. The van der Waals surface area contributed by atoms with Crippen molar-refractivity contribution in [3.05, 3.63) is 60.7 Å². The van der Waals surface area contributed by atoms with Crippen LogP contribution in [0, 0.1) is 17.8 Å². The van der Waals surface area contributed by atoms with Crippen LogP contribution in [0.25, 0.3) is 0 Å². The Hall–Kier alpha value is -1.42. The SMILES string of the molecule is O[Si](OC12CC3CC(CC(C3)C1)C2)(c1ccccc1)c1ccccc1. The van der Waals surface area contributed by atoms with Gasteiger partial charge in [0.15, 0.2) is 0 Å². The van der Waals surface area contributed by atoms with Crippen LogP contribution in [-0.2, 0) is 4.43 Å². The van der Waals surface area contributed by atoms with E-state index in [9.17, 15) is 4.80 Å². The molecule has 4 saturated carbocycles. The molecule has 1 N–H and O–H groups in total. The zero-order chi connectivity index (χ0) is 16.9. The van der Waals surface area contributed by atoms with Gasteiger partial charge in [0.25, 0.3) is 0 Å². The molecule has 0 aromatic heterocycles. The topological polar surface area (TPSA) is 29.5 Å². The second-order valence-electron chi connectivity index (χ2n) is 8.58. The van der Waals surface area contributed by atoms with E-state index in [1.807, 2.05) is 60.7 Å². The summed E-state index contributed by atoms with van der Waals surface area (Å²) < 4.78 is 6.90. The Balaban J connectivity index is 1.56. The van der Waals surface area contributed by atoms with Crippen LogP contribution < -0.4 is 10.4 Å². The van der Waals surface area contributed by atoms with Crippen LogP contribution in [0.3, 0.4) is 0 Å². The molecule has 2 nitrogen and oxygen atoms in total. The summed E-state index contributed by atoms with van der Waals surface area (Å²) in [5.41, 5.74) is -0.0958. The van der Waals surface area contributed by atoms with E-state index in [0.717, 1.165) is 47.4 Å². The van der Waals surface area contributed by atoms with Gasteiger partial charge in [0, 0.05) is 0 Å². The molecule has 0 saturated heterocycles. The minimum absolute atomic E-state index is 0.0958. The molecule has 4 aliphatic rings. The quantitative estimate of drug-likeness (QED) is 0.858. The first kappa shape index (κ1) is 15.8. The third-order valence-corrected chi connectivity index (χ3v) is 9.64. The molecule has 0 aliphatic heterocycles. The van der Waals surface area contributed by atoms with Crippen molar-refractivity contribution in [1.29, 1.82) is 0 Å². The second kappa shape index (κ2) is 5.80. The van der Waals surface area contributed by atoms with E-state index in [-0.39, 0.29) is 5.60 Å². The predicted octanol–water partition coefficient (Wildman–Crippen LogP) is 3.22. The van der Waals surface area contributed by atoms with Crippen molar-refractivity contribution in [2.75, 3.05) is 0 Å². The minimum atomic E-state index is -3.19. The van der Waals surface area contributed by atoms with Crippen LogP contribution in [0.1, 0.15) is 38.5 Å². The summed E-state index contributed by atoms with van der Waals surface area (Å²) in [7, 11) is -3.19. The van der Waals surface area contributed by atoms with E-state index in [4.69, 9.17) is 4.43 Å². The smallest absolute Gasteiger partial charge is 0.404 e. The highest BCUT2D eigenvalue weighted by Crippen LogP contribution is 2.57. The van der Waals surface area contributed by atoms with Gasteiger partial charge in [0.05, 0.1) is 5.60 Å². The van der Waals surface area contributed by atoms with Crippen LogP contribution in [-0.4, -0.2) is 19.0 Å². The highest BCUT2D eigenvalue weighted by atomic mass is 28.4. The number of rotatable bonds is 4.